The molecule has 0 aliphatic rings. The molecule has 0 aliphatic carbocycles. The molecule has 0 radical (unpaired) electrons. The van der Waals surface area contributed by atoms with Crippen LogP contribution in [0.15, 0.2) is 22.0 Å². The van der Waals surface area contributed by atoms with Gasteiger partial charge in [-0.05, 0) is 23.8 Å². The van der Waals surface area contributed by atoms with Gasteiger partial charge in [-0.1, -0.05) is 5.16 Å². The predicted octanol–water partition coefficient (Wildman–Crippen LogP) is 1.95. The molecule has 1 aromatic heterocycles. The third kappa shape index (κ3) is 1.29. The molecule has 3 heteroatoms. The minimum Gasteiger partial charge on any atom is -0.411 e. The summed E-state index contributed by atoms with van der Waals surface area (Å²) >= 11 is 1.59. The van der Waals surface area contributed by atoms with Gasteiger partial charge in [-0.3, -0.25) is 0 Å². The molecule has 1 heterocycles. The van der Waals surface area contributed by atoms with Crippen molar-refractivity contribution in [2.45, 2.75) is 6.92 Å². The van der Waals surface area contributed by atoms with Crippen molar-refractivity contribution in [1.29, 1.82) is 0 Å². The van der Waals surface area contributed by atoms with Crippen molar-refractivity contribution in [3.8, 4) is 0 Å². The van der Waals surface area contributed by atoms with Crippen molar-refractivity contribution in [3.05, 3.63) is 22.4 Å². The first-order valence-electron chi connectivity index (χ1n) is 2.56. The third-order valence-electron chi connectivity index (χ3n) is 1.09. The summed E-state index contributed by atoms with van der Waals surface area (Å²) in [5.74, 6) is 0. The van der Waals surface area contributed by atoms with Crippen molar-refractivity contribution in [2.24, 2.45) is 5.16 Å². The molecule has 1 rings (SSSR count). The summed E-state index contributed by atoms with van der Waals surface area (Å²) in [5, 5.41) is 15.2. The summed E-state index contributed by atoms with van der Waals surface area (Å²) in [5.41, 5.74) is 1.65. The van der Waals surface area contributed by atoms with E-state index in [4.69, 9.17) is 5.21 Å². The predicted molar refractivity (Wildman–Crippen MR) is 38.3 cm³/mol. The van der Waals surface area contributed by atoms with Crippen LogP contribution in [0.1, 0.15) is 12.5 Å². The molecule has 0 spiro atoms. The van der Waals surface area contributed by atoms with Crippen LogP contribution in [0.25, 0.3) is 0 Å². The summed E-state index contributed by atoms with van der Waals surface area (Å²) in [4.78, 5) is 0. The van der Waals surface area contributed by atoms with Gasteiger partial charge in [0.2, 0.25) is 0 Å². The summed E-state index contributed by atoms with van der Waals surface area (Å²) in [6.45, 7) is 1.77. The minimum atomic E-state index is 0.663. The number of rotatable bonds is 1. The highest BCUT2D eigenvalue weighted by molar-refractivity contribution is 7.08. The van der Waals surface area contributed by atoms with E-state index in [0.717, 1.165) is 5.56 Å². The van der Waals surface area contributed by atoms with E-state index in [2.05, 4.69) is 5.16 Å². The van der Waals surface area contributed by atoms with E-state index in [9.17, 15) is 0 Å². The van der Waals surface area contributed by atoms with Crippen molar-refractivity contribution in [2.75, 3.05) is 0 Å². The van der Waals surface area contributed by atoms with Gasteiger partial charge < -0.3 is 5.21 Å². The Morgan fingerprint density at radius 1 is 1.78 bits per heavy atom. The van der Waals surface area contributed by atoms with Gasteiger partial charge in [0.15, 0.2) is 0 Å². The largest absolute Gasteiger partial charge is 0.411 e. The van der Waals surface area contributed by atoms with Crippen LogP contribution in [0.4, 0.5) is 0 Å². The molecular weight excluding hydrogens is 134 g/mol. The maximum atomic E-state index is 8.30. The van der Waals surface area contributed by atoms with Gasteiger partial charge in [0.1, 0.15) is 0 Å². The van der Waals surface area contributed by atoms with Crippen LogP contribution in [-0.2, 0) is 0 Å². The lowest BCUT2D eigenvalue weighted by atomic mass is 10.2. The standard InChI is InChI=1S/C6H7NOS/c1-5(7-8)6-2-3-9-4-6/h2-4,8H,1H3/b7-5-. The molecule has 0 aliphatic heterocycles. The highest BCUT2D eigenvalue weighted by atomic mass is 32.1. The maximum Gasteiger partial charge on any atom is 0.0845 e. The average molecular weight is 141 g/mol. The second-order valence-electron chi connectivity index (χ2n) is 1.70. The first kappa shape index (κ1) is 6.29. The zero-order valence-electron chi connectivity index (χ0n) is 5.03. The van der Waals surface area contributed by atoms with E-state index in [1.54, 1.807) is 18.3 Å². The highest BCUT2D eigenvalue weighted by Crippen LogP contribution is 2.06. The van der Waals surface area contributed by atoms with Crippen LogP contribution in [0.5, 0.6) is 0 Å². The fourth-order valence-corrected chi connectivity index (χ4v) is 1.23. The average Bonchev–Trinajstić information content (AvgIpc) is 2.37. The van der Waals surface area contributed by atoms with Crippen LogP contribution >= 0.6 is 11.3 Å². The van der Waals surface area contributed by atoms with Gasteiger partial charge >= 0.3 is 0 Å². The molecule has 1 N–H and O–H groups in total. The van der Waals surface area contributed by atoms with Gasteiger partial charge in [0, 0.05) is 5.56 Å². The Labute approximate surface area is 57.4 Å². The maximum absolute atomic E-state index is 8.30. The van der Waals surface area contributed by atoms with Crippen molar-refractivity contribution in [3.63, 3.8) is 0 Å². The Balaban J connectivity index is 2.90. The highest BCUT2D eigenvalue weighted by Gasteiger charge is 1.94. The zero-order chi connectivity index (χ0) is 6.69. The summed E-state index contributed by atoms with van der Waals surface area (Å²) in [7, 11) is 0. The molecule has 0 unspecified atom stereocenters. The Morgan fingerprint density at radius 2 is 2.56 bits per heavy atom. The smallest absolute Gasteiger partial charge is 0.0845 e. The zero-order valence-corrected chi connectivity index (χ0v) is 5.85. The lowest BCUT2D eigenvalue weighted by Gasteiger charge is -1.87. The lowest BCUT2D eigenvalue weighted by Crippen LogP contribution is -1.89. The van der Waals surface area contributed by atoms with Gasteiger partial charge in [0.05, 0.1) is 5.71 Å². The van der Waals surface area contributed by atoms with Crippen molar-refractivity contribution in [1.82, 2.24) is 0 Å². The van der Waals surface area contributed by atoms with Crippen LogP contribution in [0.2, 0.25) is 0 Å². The second-order valence-corrected chi connectivity index (χ2v) is 2.48. The molecule has 0 bridgehead atoms. The van der Waals surface area contributed by atoms with Crippen LogP contribution in [0, 0.1) is 0 Å². The van der Waals surface area contributed by atoms with Crippen molar-refractivity contribution >= 4 is 17.0 Å². The Bertz CT molecular complexity index is 203. The number of nitrogens with zero attached hydrogens (tertiary/aromatic N) is 1. The molecule has 1 aromatic rings. The molecule has 0 fully saturated rings. The third-order valence-corrected chi connectivity index (χ3v) is 1.77. The van der Waals surface area contributed by atoms with E-state index < -0.39 is 0 Å². The Morgan fingerprint density at radius 3 is 3.00 bits per heavy atom. The molecule has 9 heavy (non-hydrogen) atoms. The van der Waals surface area contributed by atoms with E-state index in [1.807, 2.05) is 16.8 Å². The van der Waals surface area contributed by atoms with Gasteiger partial charge in [-0.15, -0.1) is 0 Å². The summed E-state index contributed by atoms with van der Waals surface area (Å²) < 4.78 is 0. The van der Waals surface area contributed by atoms with E-state index >= 15 is 0 Å². The van der Waals surface area contributed by atoms with Gasteiger partial charge in [0.25, 0.3) is 0 Å². The summed E-state index contributed by atoms with van der Waals surface area (Å²) in [6, 6.07) is 1.92. The topological polar surface area (TPSA) is 32.6 Å². The van der Waals surface area contributed by atoms with Crippen LogP contribution < -0.4 is 0 Å². The SMILES string of the molecule is C/C(=N/O)c1ccsc1. The van der Waals surface area contributed by atoms with Gasteiger partial charge in [-0.25, -0.2) is 0 Å². The Kier molecular flexibility index (Phi) is 1.85. The van der Waals surface area contributed by atoms with E-state index in [-0.39, 0.29) is 0 Å². The minimum absolute atomic E-state index is 0.663. The first-order chi connectivity index (χ1) is 4.34. The number of hydrogen-bond acceptors (Lipinski definition) is 3. The monoisotopic (exact) mass is 141 g/mol. The van der Waals surface area contributed by atoms with Crippen molar-refractivity contribution < 1.29 is 5.21 Å². The van der Waals surface area contributed by atoms with Gasteiger partial charge in [-0.2, -0.15) is 11.3 Å². The molecular formula is C6H7NOS. The molecule has 0 atom stereocenters. The summed E-state index contributed by atoms with van der Waals surface area (Å²) in [6.07, 6.45) is 0. The molecule has 0 amide bonds. The normalized spacial score (nSPS) is 11.9. The molecule has 48 valence electrons. The first-order valence-corrected chi connectivity index (χ1v) is 3.50. The number of hydrogen-bond donors (Lipinski definition) is 1. The molecule has 0 saturated carbocycles. The number of oxime groups is 1. The van der Waals surface area contributed by atoms with E-state index in [0.29, 0.717) is 5.71 Å². The lowest BCUT2D eigenvalue weighted by molar-refractivity contribution is 0.319. The van der Waals surface area contributed by atoms with E-state index in [1.165, 1.54) is 0 Å². The molecule has 2 nitrogen and oxygen atoms in total. The number of thiophene rings is 1. The molecule has 0 aromatic carbocycles. The second kappa shape index (κ2) is 2.64. The fourth-order valence-electron chi connectivity index (χ4n) is 0.528. The quantitative estimate of drug-likeness (QED) is 0.362. The Hall–Kier alpha value is -0.830. The van der Waals surface area contributed by atoms with Crippen LogP contribution in [-0.4, -0.2) is 10.9 Å². The fraction of sp³-hybridized carbons (Fsp3) is 0.167. The van der Waals surface area contributed by atoms with Crippen LogP contribution in [0.3, 0.4) is 0 Å². The molecule has 0 saturated heterocycles.